The predicted octanol–water partition coefficient (Wildman–Crippen LogP) is 2.81. The van der Waals surface area contributed by atoms with Crippen LogP contribution in [0.15, 0.2) is 24.3 Å². The summed E-state index contributed by atoms with van der Waals surface area (Å²) in [5, 5.41) is 6.53. The monoisotopic (exact) mass is 339 g/mol. The van der Waals surface area contributed by atoms with Gasteiger partial charge in [-0.05, 0) is 44.5 Å². The lowest BCUT2D eigenvalue weighted by molar-refractivity contribution is 0.118. The highest BCUT2D eigenvalue weighted by atomic mass is 35.5. The number of rotatable bonds is 7. The summed E-state index contributed by atoms with van der Waals surface area (Å²) in [6.45, 7) is 5.02. The topological polar surface area (TPSA) is 53.6 Å². The molecule has 2 N–H and O–H groups in total. The van der Waals surface area contributed by atoms with Gasteiger partial charge in [-0.3, -0.25) is 4.90 Å². The first kappa shape index (κ1) is 18.0. The van der Waals surface area contributed by atoms with Crippen LogP contribution in [0.2, 0.25) is 5.02 Å². The fourth-order valence-corrected chi connectivity index (χ4v) is 3.07. The molecular formula is C17H26ClN3O2. The molecular weight excluding hydrogens is 314 g/mol. The maximum absolute atomic E-state index is 12.0. The molecule has 2 rings (SSSR count). The van der Waals surface area contributed by atoms with Crippen LogP contribution in [0.4, 0.5) is 4.79 Å². The Balaban J connectivity index is 1.96. The third kappa shape index (κ3) is 5.37. The molecule has 1 saturated heterocycles. The molecule has 2 amide bonds. The third-order valence-electron chi connectivity index (χ3n) is 4.25. The molecule has 1 aromatic rings. The Morgan fingerprint density at radius 1 is 1.26 bits per heavy atom. The minimum Gasteiger partial charge on any atom is -0.380 e. The Labute approximate surface area is 143 Å². The molecule has 2 atom stereocenters. The summed E-state index contributed by atoms with van der Waals surface area (Å²) in [6, 6.07) is 7.80. The van der Waals surface area contributed by atoms with E-state index in [0.29, 0.717) is 13.1 Å². The second-order valence-corrected chi connectivity index (χ2v) is 6.32. The zero-order chi connectivity index (χ0) is 16.7. The number of methoxy groups -OCH3 is 1. The van der Waals surface area contributed by atoms with Crippen molar-refractivity contribution in [2.24, 2.45) is 0 Å². The van der Waals surface area contributed by atoms with Crippen molar-refractivity contribution in [2.45, 2.75) is 31.9 Å². The molecule has 2 unspecified atom stereocenters. The van der Waals surface area contributed by atoms with Gasteiger partial charge in [0.15, 0.2) is 0 Å². The molecule has 6 heteroatoms. The largest absolute Gasteiger partial charge is 0.380 e. The van der Waals surface area contributed by atoms with Crippen molar-refractivity contribution >= 4 is 17.6 Å². The van der Waals surface area contributed by atoms with Crippen LogP contribution in [-0.2, 0) is 4.74 Å². The maximum Gasteiger partial charge on any atom is 0.314 e. The van der Waals surface area contributed by atoms with Gasteiger partial charge in [-0.1, -0.05) is 29.8 Å². The lowest BCUT2D eigenvalue weighted by Crippen LogP contribution is -2.43. The van der Waals surface area contributed by atoms with Crippen molar-refractivity contribution in [1.82, 2.24) is 15.5 Å². The molecule has 1 aliphatic rings. The van der Waals surface area contributed by atoms with E-state index in [1.165, 1.54) is 12.8 Å². The third-order valence-corrected chi connectivity index (χ3v) is 4.60. The number of carbonyl (C=O) groups is 1. The number of amides is 2. The van der Waals surface area contributed by atoms with Crippen LogP contribution in [0.25, 0.3) is 0 Å². The van der Waals surface area contributed by atoms with Crippen molar-refractivity contribution in [3.05, 3.63) is 34.9 Å². The zero-order valence-electron chi connectivity index (χ0n) is 13.8. The lowest BCUT2D eigenvalue weighted by atomic mass is 10.1. The molecule has 5 nitrogen and oxygen atoms in total. The SMILES string of the molecule is COC(C)CNC(=O)NCC(c1ccccc1Cl)N1CCCC1. The molecule has 0 bridgehead atoms. The van der Waals surface area contributed by atoms with E-state index in [0.717, 1.165) is 23.7 Å². The highest BCUT2D eigenvalue weighted by Crippen LogP contribution is 2.29. The molecule has 23 heavy (non-hydrogen) atoms. The van der Waals surface area contributed by atoms with Gasteiger partial charge < -0.3 is 15.4 Å². The number of likely N-dealkylation sites (tertiary alicyclic amines) is 1. The van der Waals surface area contributed by atoms with Crippen molar-refractivity contribution in [1.29, 1.82) is 0 Å². The number of ether oxygens (including phenoxy) is 1. The zero-order valence-corrected chi connectivity index (χ0v) is 14.6. The molecule has 128 valence electrons. The predicted molar refractivity (Wildman–Crippen MR) is 92.9 cm³/mol. The number of hydrogen-bond donors (Lipinski definition) is 2. The van der Waals surface area contributed by atoms with Gasteiger partial charge in [0.2, 0.25) is 0 Å². The number of nitrogens with zero attached hydrogens (tertiary/aromatic N) is 1. The summed E-state index contributed by atoms with van der Waals surface area (Å²) in [4.78, 5) is 14.4. The summed E-state index contributed by atoms with van der Waals surface area (Å²) in [6.07, 6.45) is 2.38. The Kier molecular flexibility index (Phi) is 7.15. The molecule has 0 aromatic heterocycles. The van der Waals surface area contributed by atoms with Crippen LogP contribution in [0, 0.1) is 0 Å². The summed E-state index contributed by atoms with van der Waals surface area (Å²) in [7, 11) is 1.63. The molecule has 1 aromatic carbocycles. The van der Waals surface area contributed by atoms with Gasteiger partial charge in [-0.25, -0.2) is 4.79 Å². The van der Waals surface area contributed by atoms with Gasteiger partial charge in [-0.15, -0.1) is 0 Å². The van der Waals surface area contributed by atoms with Gasteiger partial charge in [-0.2, -0.15) is 0 Å². The van der Waals surface area contributed by atoms with Crippen LogP contribution in [0.1, 0.15) is 31.4 Å². The summed E-state index contributed by atoms with van der Waals surface area (Å²) >= 11 is 6.36. The van der Waals surface area contributed by atoms with Crippen LogP contribution in [0.5, 0.6) is 0 Å². The molecule has 0 saturated carbocycles. The Hall–Kier alpha value is -1.30. The molecule has 0 aliphatic carbocycles. The van der Waals surface area contributed by atoms with E-state index in [1.807, 2.05) is 31.2 Å². The van der Waals surface area contributed by atoms with Gasteiger partial charge in [0.25, 0.3) is 0 Å². The standard InChI is InChI=1S/C17H26ClN3O2/c1-13(23-2)11-19-17(22)20-12-16(21-9-5-6-10-21)14-7-3-4-8-15(14)18/h3-4,7-8,13,16H,5-6,9-12H2,1-2H3,(H2,19,20,22). The minimum atomic E-state index is -0.176. The fraction of sp³-hybridized carbons (Fsp3) is 0.588. The van der Waals surface area contributed by atoms with Crippen LogP contribution < -0.4 is 10.6 Å². The quantitative estimate of drug-likeness (QED) is 0.803. The average Bonchev–Trinajstić information content (AvgIpc) is 3.08. The first-order chi connectivity index (χ1) is 11.1. The Morgan fingerprint density at radius 3 is 2.57 bits per heavy atom. The van der Waals surface area contributed by atoms with E-state index in [-0.39, 0.29) is 18.2 Å². The van der Waals surface area contributed by atoms with Crippen molar-refractivity contribution in [3.8, 4) is 0 Å². The first-order valence-electron chi connectivity index (χ1n) is 8.14. The summed E-state index contributed by atoms with van der Waals surface area (Å²) < 4.78 is 5.12. The van der Waals surface area contributed by atoms with E-state index in [4.69, 9.17) is 16.3 Å². The van der Waals surface area contributed by atoms with Gasteiger partial charge in [0.1, 0.15) is 0 Å². The number of urea groups is 1. The van der Waals surface area contributed by atoms with E-state index < -0.39 is 0 Å². The number of halogens is 1. The van der Waals surface area contributed by atoms with Crippen LogP contribution in [0.3, 0.4) is 0 Å². The highest BCUT2D eigenvalue weighted by molar-refractivity contribution is 6.31. The molecule has 1 aliphatic heterocycles. The molecule has 0 spiro atoms. The molecule has 0 radical (unpaired) electrons. The van der Waals surface area contributed by atoms with Gasteiger partial charge in [0.05, 0.1) is 12.1 Å². The number of carbonyl (C=O) groups excluding carboxylic acids is 1. The fourth-order valence-electron chi connectivity index (χ4n) is 2.81. The molecule has 1 fully saturated rings. The van der Waals surface area contributed by atoms with Crippen LogP contribution >= 0.6 is 11.6 Å². The average molecular weight is 340 g/mol. The van der Waals surface area contributed by atoms with Crippen LogP contribution in [-0.4, -0.2) is 50.3 Å². The first-order valence-corrected chi connectivity index (χ1v) is 8.52. The Bertz CT molecular complexity index is 506. The van der Waals surface area contributed by atoms with Crippen molar-refractivity contribution < 1.29 is 9.53 Å². The minimum absolute atomic E-state index is 0.00121. The smallest absolute Gasteiger partial charge is 0.314 e. The highest BCUT2D eigenvalue weighted by Gasteiger charge is 2.25. The number of hydrogen-bond acceptors (Lipinski definition) is 3. The lowest BCUT2D eigenvalue weighted by Gasteiger charge is -2.29. The van der Waals surface area contributed by atoms with Crippen molar-refractivity contribution in [2.75, 3.05) is 33.3 Å². The van der Waals surface area contributed by atoms with E-state index in [9.17, 15) is 4.79 Å². The number of benzene rings is 1. The van der Waals surface area contributed by atoms with E-state index in [2.05, 4.69) is 15.5 Å². The summed E-state index contributed by atoms with van der Waals surface area (Å²) in [5.74, 6) is 0. The second-order valence-electron chi connectivity index (χ2n) is 5.92. The van der Waals surface area contributed by atoms with Gasteiger partial charge >= 0.3 is 6.03 Å². The number of nitrogens with one attached hydrogen (secondary N) is 2. The van der Waals surface area contributed by atoms with Gasteiger partial charge in [0, 0.05) is 25.2 Å². The summed E-state index contributed by atoms with van der Waals surface area (Å²) in [5.41, 5.74) is 1.07. The second kappa shape index (κ2) is 9.11. The Morgan fingerprint density at radius 2 is 1.91 bits per heavy atom. The van der Waals surface area contributed by atoms with Crippen molar-refractivity contribution in [3.63, 3.8) is 0 Å². The normalized spacial score (nSPS) is 17.7. The van der Waals surface area contributed by atoms with E-state index >= 15 is 0 Å². The van der Waals surface area contributed by atoms with E-state index in [1.54, 1.807) is 7.11 Å². The molecule has 1 heterocycles. The maximum atomic E-state index is 12.0.